The quantitative estimate of drug-likeness (QED) is 0.850. The van der Waals surface area contributed by atoms with Gasteiger partial charge in [-0.25, -0.2) is 0 Å². The maximum atomic E-state index is 4.19. The molecule has 0 fully saturated rings. The minimum absolute atomic E-state index is 0.363. The van der Waals surface area contributed by atoms with E-state index in [1.165, 1.54) is 5.56 Å². The zero-order valence-electron chi connectivity index (χ0n) is 11.4. The van der Waals surface area contributed by atoms with Gasteiger partial charge in [-0.2, -0.15) is 5.10 Å². The molecule has 3 heteroatoms. The van der Waals surface area contributed by atoms with Crippen molar-refractivity contribution in [2.45, 2.75) is 40.7 Å². The molecule has 0 aliphatic rings. The van der Waals surface area contributed by atoms with E-state index in [0.29, 0.717) is 17.4 Å². The third-order valence-corrected chi connectivity index (χ3v) is 3.43. The summed E-state index contributed by atoms with van der Waals surface area (Å²) >= 11 is 0. The molecule has 1 rings (SSSR count). The summed E-state index contributed by atoms with van der Waals surface area (Å²) in [6.07, 6.45) is 4.00. The van der Waals surface area contributed by atoms with Crippen molar-refractivity contribution in [3.8, 4) is 0 Å². The molecule has 1 aromatic heterocycles. The molecule has 0 spiro atoms. The lowest BCUT2D eigenvalue weighted by molar-refractivity contribution is 0.247. The first-order chi connectivity index (χ1) is 7.30. The van der Waals surface area contributed by atoms with Crippen molar-refractivity contribution in [2.24, 2.45) is 18.4 Å². The van der Waals surface area contributed by atoms with Crippen LogP contribution in [-0.2, 0) is 7.05 Å². The van der Waals surface area contributed by atoms with Gasteiger partial charge in [0.2, 0.25) is 0 Å². The van der Waals surface area contributed by atoms with Gasteiger partial charge in [-0.1, -0.05) is 27.7 Å². The van der Waals surface area contributed by atoms with Crippen LogP contribution in [0.15, 0.2) is 12.4 Å². The predicted molar refractivity (Wildman–Crippen MR) is 68.2 cm³/mol. The minimum atomic E-state index is 0.363. The molecule has 0 saturated heterocycles. The Balaban J connectivity index is 2.44. The Labute approximate surface area is 99.2 Å². The molecule has 0 saturated carbocycles. The summed E-state index contributed by atoms with van der Waals surface area (Å²) < 4.78 is 1.85. The number of aryl methyl sites for hydroxylation is 1. The molecule has 0 amide bonds. The van der Waals surface area contributed by atoms with Crippen molar-refractivity contribution < 1.29 is 0 Å². The van der Waals surface area contributed by atoms with E-state index in [9.17, 15) is 0 Å². The molecule has 0 aliphatic carbocycles. The molecule has 92 valence electrons. The Hall–Kier alpha value is -0.830. The first-order valence-electron chi connectivity index (χ1n) is 6.02. The van der Waals surface area contributed by atoms with Crippen LogP contribution < -0.4 is 5.32 Å². The van der Waals surface area contributed by atoms with Crippen molar-refractivity contribution >= 4 is 0 Å². The second-order valence-corrected chi connectivity index (χ2v) is 5.84. The molecule has 1 N–H and O–H groups in total. The summed E-state index contributed by atoms with van der Waals surface area (Å²) in [5.74, 6) is 0.659. The summed E-state index contributed by atoms with van der Waals surface area (Å²) in [5, 5.41) is 7.76. The lowest BCUT2D eigenvalue weighted by atomic mass is 9.82. The summed E-state index contributed by atoms with van der Waals surface area (Å²) in [6.45, 7) is 12.4. The number of nitrogens with one attached hydrogen (secondary N) is 1. The molecule has 0 aliphatic heterocycles. The molecule has 0 aromatic carbocycles. The normalized spacial score (nSPS) is 16.1. The van der Waals surface area contributed by atoms with E-state index < -0.39 is 0 Å². The lowest BCUT2D eigenvalue weighted by Crippen LogP contribution is -2.31. The standard InChI is InChI=1S/C13H25N3/c1-10(13(3,4)5)7-14-11(2)12-8-15-16(6)9-12/h8-11,14H,7H2,1-6H3. The molecule has 2 atom stereocenters. The second-order valence-electron chi connectivity index (χ2n) is 5.84. The van der Waals surface area contributed by atoms with Crippen molar-refractivity contribution in [1.82, 2.24) is 15.1 Å². The van der Waals surface area contributed by atoms with Crippen LogP contribution in [0.2, 0.25) is 0 Å². The Morgan fingerprint density at radius 2 is 2.00 bits per heavy atom. The Bertz CT molecular complexity index is 322. The fourth-order valence-electron chi connectivity index (χ4n) is 1.44. The number of rotatable bonds is 4. The van der Waals surface area contributed by atoms with Crippen LogP contribution in [0.3, 0.4) is 0 Å². The van der Waals surface area contributed by atoms with Gasteiger partial charge >= 0.3 is 0 Å². The lowest BCUT2D eigenvalue weighted by Gasteiger charge is -2.28. The second kappa shape index (κ2) is 5.00. The molecule has 2 unspecified atom stereocenters. The fourth-order valence-corrected chi connectivity index (χ4v) is 1.44. The highest BCUT2D eigenvalue weighted by Gasteiger charge is 2.20. The van der Waals surface area contributed by atoms with Crippen LogP contribution in [-0.4, -0.2) is 16.3 Å². The molecular weight excluding hydrogens is 198 g/mol. The molecule has 1 heterocycles. The van der Waals surface area contributed by atoms with Crippen LogP contribution in [0.1, 0.15) is 46.2 Å². The average Bonchev–Trinajstić information content (AvgIpc) is 2.59. The van der Waals surface area contributed by atoms with Crippen LogP contribution in [0, 0.1) is 11.3 Å². The topological polar surface area (TPSA) is 29.9 Å². The van der Waals surface area contributed by atoms with E-state index in [-0.39, 0.29) is 0 Å². The minimum Gasteiger partial charge on any atom is -0.310 e. The fraction of sp³-hybridized carbons (Fsp3) is 0.769. The highest BCUT2D eigenvalue weighted by atomic mass is 15.2. The number of hydrogen-bond donors (Lipinski definition) is 1. The summed E-state index contributed by atoms with van der Waals surface area (Å²) in [6, 6.07) is 0.374. The zero-order valence-corrected chi connectivity index (χ0v) is 11.4. The van der Waals surface area contributed by atoms with Crippen molar-refractivity contribution in [2.75, 3.05) is 6.54 Å². The van der Waals surface area contributed by atoms with E-state index >= 15 is 0 Å². The van der Waals surface area contributed by atoms with Crippen LogP contribution in [0.25, 0.3) is 0 Å². The van der Waals surface area contributed by atoms with Gasteiger partial charge in [-0.3, -0.25) is 4.68 Å². The molecule has 16 heavy (non-hydrogen) atoms. The van der Waals surface area contributed by atoms with E-state index in [0.717, 1.165) is 6.54 Å². The van der Waals surface area contributed by atoms with E-state index in [1.807, 2.05) is 17.9 Å². The monoisotopic (exact) mass is 223 g/mol. The highest BCUT2D eigenvalue weighted by molar-refractivity contribution is 5.08. The third kappa shape index (κ3) is 3.63. The van der Waals surface area contributed by atoms with Crippen LogP contribution in [0.5, 0.6) is 0 Å². The first-order valence-corrected chi connectivity index (χ1v) is 6.02. The summed E-state index contributed by atoms with van der Waals surface area (Å²) in [7, 11) is 1.95. The summed E-state index contributed by atoms with van der Waals surface area (Å²) in [5.41, 5.74) is 1.62. The largest absolute Gasteiger partial charge is 0.310 e. The third-order valence-electron chi connectivity index (χ3n) is 3.43. The number of hydrogen-bond acceptors (Lipinski definition) is 2. The molecule has 0 bridgehead atoms. The Morgan fingerprint density at radius 1 is 1.38 bits per heavy atom. The van der Waals surface area contributed by atoms with Gasteiger partial charge in [0.15, 0.2) is 0 Å². The van der Waals surface area contributed by atoms with E-state index in [4.69, 9.17) is 0 Å². The Morgan fingerprint density at radius 3 is 2.44 bits per heavy atom. The van der Waals surface area contributed by atoms with Crippen molar-refractivity contribution in [3.63, 3.8) is 0 Å². The van der Waals surface area contributed by atoms with Gasteiger partial charge in [0, 0.05) is 24.8 Å². The first kappa shape index (κ1) is 13.2. The Kier molecular flexibility index (Phi) is 4.14. The highest BCUT2D eigenvalue weighted by Crippen LogP contribution is 2.25. The predicted octanol–water partition coefficient (Wildman–Crippen LogP) is 2.75. The maximum absolute atomic E-state index is 4.19. The molecule has 3 nitrogen and oxygen atoms in total. The smallest absolute Gasteiger partial charge is 0.0537 e. The number of aromatic nitrogens is 2. The molecule has 0 radical (unpaired) electrons. The van der Waals surface area contributed by atoms with Gasteiger partial charge in [0.25, 0.3) is 0 Å². The maximum Gasteiger partial charge on any atom is 0.0537 e. The van der Waals surface area contributed by atoms with Crippen LogP contribution >= 0.6 is 0 Å². The van der Waals surface area contributed by atoms with Crippen molar-refractivity contribution in [1.29, 1.82) is 0 Å². The SMILES string of the molecule is CC(NCC(C)C(C)(C)C)c1cnn(C)c1. The van der Waals surface area contributed by atoms with E-state index in [1.54, 1.807) is 0 Å². The number of nitrogens with zero attached hydrogens (tertiary/aromatic N) is 2. The van der Waals surface area contributed by atoms with Gasteiger partial charge in [0.05, 0.1) is 6.20 Å². The van der Waals surface area contributed by atoms with Gasteiger partial charge in [0.1, 0.15) is 0 Å². The van der Waals surface area contributed by atoms with Gasteiger partial charge < -0.3 is 5.32 Å². The summed E-state index contributed by atoms with van der Waals surface area (Å²) in [4.78, 5) is 0. The van der Waals surface area contributed by atoms with E-state index in [2.05, 4.69) is 51.2 Å². The zero-order chi connectivity index (χ0) is 12.3. The van der Waals surface area contributed by atoms with Crippen molar-refractivity contribution in [3.05, 3.63) is 18.0 Å². The van der Waals surface area contributed by atoms with Gasteiger partial charge in [-0.15, -0.1) is 0 Å². The molecular formula is C13H25N3. The van der Waals surface area contributed by atoms with Crippen LogP contribution in [0.4, 0.5) is 0 Å². The molecule has 1 aromatic rings. The average molecular weight is 223 g/mol. The van der Waals surface area contributed by atoms with Gasteiger partial charge in [-0.05, 0) is 24.8 Å².